The van der Waals surface area contributed by atoms with Crippen molar-refractivity contribution in [3.8, 4) is 0 Å². The van der Waals surface area contributed by atoms with Gasteiger partial charge in [0.15, 0.2) is 0 Å². The molecule has 7 nitrogen and oxygen atoms in total. The summed E-state index contributed by atoms with van der Waals surface area (Å²) in [6, 6.07) is 5.21. The van der Waals surface area contributed by atoms with Crippen LogP contribution >= 0.6 is 0 Å². The monoisotopic (exact) mass is 235 g/mol. The summed E-state index contributed by atoms with van der Waals surface area (Å²) in [5.74, 6) is -0.848. The number of carboxylic acid groups (broad SMARTS) is 1. The molecule has 0 atom stereocenters. The summed E-state index contributed by atoms with van der Waals surface area (Å²) >= 11 is 0. The van der Waals surface area contributed by atoms with Crippen molar-refractivity contribution in [2.24, 2.45) is 0 Å². The molecule has 1 heterocycles. The fraction of sp³-hybridized carbons (Fsp3) is 0.143. The van der Waals surface area contributed by atoms with Gasteiger partial charge in [0, 0.05) is 6.20 Å². The van der Waals surface area contributed by atoms with E-state index in [1.54, 1.807) is 24.4 Å². The van der Waals surface area contributed by atoms with Gasteiger partial charge < -0.3 is 5.11 Å². The Bertz CT molecular complexity index is 393. The number of carboxylic acids is 1. The molecule has 0 aliphatic carbocycles. The zero-order valence-corrected chi connectivity index (χ0v) is 8.25. The molecule has 0 saturated heterocycles. The summed E-state index contributed by atoms with van der Waals surface area (Å²) in [6.45, 7) is 0. The molecule has 0 bridgehead atoms. The van der Waals surface area contributed by atoms with Crippen molar-refractivity contribution in [1.82, 2.24) is 4.98 Å². The lowest BCUT2D eigenvalue weighted by Crippen LogP contribution is -2.01. The van der Waals surface area contributed by atoms with Crippen molar-refractivity contribution in [2.75, 3.05) is 0 Å². The summed E-state index contributed by atoms with van der Waals surface area (Å²) in [7, 11) is -4.67. The molecular weight excluding hydrogens is 226 g/mol. The Hall–Kier alpha value is -1.51. The van der Waals surface area contributed by atoms with E-state index in [9.17, 15) is 4.79 Å². The molecule has 84 valence electrons. The minimum absolute atomic E-state index is 0.000833. The number of hydrogen-bond acceptors (Lipinski definition) is 4. The van der Waals surface area contributed by atoms with Gasteiger partial charge in [-0.25, -0.2) is 0 Å². The second kappa shape index (κ2) is 6.06. The molecule has 0 aliphatic rings. The van der Waals surface area contributed by atoms with Gasteiger partial charge in [0.1, 0.15) is 0 Å². The van der Waals surface area contributed by atoms with Crippen LogP contribution in [0.2, 0.25) is 0 Å². The van der Waals surface area contributed by atoms with Gasteiger partial charge in [0.25, 0.3) is 0 Å². The molecule has 0 radical (unpaired) electrons. The van der Waals surface area contributed by atoms with Gasteiger partial charge in [-0.3, -0.25) is 18.9 Å². The average Bonchev–Trinajstić information content (AvgIpc) is 2.01. The third-order valence-corrected chi connectivity index (χ3v) is 1.06. The summed E-state index contributed by atoms with van der Waals surface area (Å²) in [4.78, 5) is 14.0. The van der Waals surface area contributed by atoms with Gasteiger partial charge in [0.2, 0.25) is 0 Å². The maximum atomic E-state index is 10.1. The molecule has 0 amide bonds. The van der Waals surface area contributed by atoms with Crippen molar-refractivity contribution >= 4 is 16.4 Å². The molecule has 0 unspecified atom stereocenters. The number of aromatic nitrogens is 1. The predicted molar refractivity (Wildman–Crippen MR) is 49.8 cm³/mol. The van der Waals surface area contributed by atoms with Gasteiger partial charge in [0.05, 0.1) is 12.1 Å². The summed E-state index contributed by atoms with van der Waals surface area (Å²) < 4.78 is 31.6. The predicted octanol–water partition coefficient (Wildman–Crippen LogP) is 0.0559. The van der Waals surface area contributed by atoms with Crippen LogP contribution in [0.5, 0.6) is 0 Å². The van der Waals surface area contributed by atoms with E-state index in [0.717, 1.165) is 0 Å². The molecule has 0 aliphatic heterocycles. The Morgan fingerprint density at radius 1 is 1.33 bits per heavy atom. The van der Waals surface area contributed by atoms with Gasteiger partial charge in [-0.05, 0) is 12.1 Å². The van der Waals surface area contributed by atoms with Crippen LogP contribution in [0.1, 0.15) is 5.69 Å². The standard InChI is InChI=1S/C7H7NO2.H2O4S/c9-7(10)5-6-3-1-2-4-8-6;1-5(2,3)4/h1-4H,5H2,(H,9,10);(H2,1,2,3,4). The smallest absolute Gasteiger partial charge is 0.394 e. The molecular formula is C7H9NO6S. The number of carbonyl (C=O) groups is 1. The molecule has 1 rings (SSSR count). The lowest BCUT2D eigenvalue weighted by molar-refractivity contribution is -0.136. The van der Waals surface area contributed by atoms with Crippen molar-refractivity contribution in [3.05, 3.63) is 30.1 Å². The van der Waals surface area contributed by atoms with Crippen LogP contribution in [-0.2, 0) is 21.6 Å². The quantitative estimate of drug-likeness (QED) is 0.618. The third-order valence-electron chi connectivity index (χ3n) is 1.06. The Kier molecular flexibility index (Phi) is 5.45. The topological polar surface area (TPSA) is 125 Å². The maximum Gasteiger partial charge on any atom is 0.394 e. The average molecular weight is 235 g/mol. The van der Waals surface area contributed by atoms with Crippen molar-refractivity contribution in [2.45, 2.75) is 6.42 Å². The minimum Gasteiger partial charge on any atom is -0.481 e. The Balaban J connectivity index is 0.000000336. The van der Waals surface area contributed by atoms with E-state index in [1.807, 2.05) is 0 Å². The highest BCUT2D eigenvalue weighted by Crippen LogP contribution is 1.93. The first-order chi connectivity index (χ1) is 6.79. The summed E-state index contributed by atoms with van der Waals surface area (Å²) in [5, 5.41) is 8.33. The van der Waals surface area contributed by atoms with Crippen LogP contribution in [0.25, 0.3) is 0 Å². The van der Waals surface area contributed by atoms with Crippen molar-refractivity contribution in [1.29, 1.82) is 0 Å². The number of aliphatic carboxylic acids is 1. The van der Waals surface area contributed by atoms with E-state index in [-0.39, 0.29) is 6.42 Å². The number of rotatable bonds is 2. The summed E-state index contributed by atoms with van der Waals surface area (Å²) in [5.41, 5.74) is 0.593. The fourth-order valence-corrected chi connectivity index (χ4v) is 0.658. The van der Waals surface area contributed by atoms with Crippen LogP contribution < -0.4 is 0 Å². The molecule has 0 fully saturated rings. The van der Waals surface area contributed by atoms with Crippen LogP contribution in [0.4, 0.5) is 0 Å². The van der Waals surface area contributed by atoms with Crippen LogP contribution in [0.15, 0.2) is 24.4 Å². The molecule has 1 aromatic rings. The first kappa shape index (κ1) is 13.5. The first-order valence-electron chi connectivity index (χ1n) is 3.60. The van der Waals surface area contributed by atoms with E-state index in [4.69, 9.17) is 22.6 Å². The van der Waals surface area contributed by atoms with E-state index in [2.05, 4.69) is 4.98 Å². The molecule has 0 spiro atoms. The lowest BCUT2D eigenvalue weighted by atomic mass is 10.3. The molecule has 0 aromatic carbocycles. The SMILES string of the molecule is O=C(O)Cc1ccccn1.O=S(=O)(O)O. The van der Waals surface area contributed by atoms with E-state index < -0.39 is 16.4 Å². The highest BCUT2D eigenvalue weighted by Gasteiger charge is 1.98. The molecule has 0 saturated carbocycles. The van der Waals surface area contributed by atoms with Gasteiger partial charge in [-0.1, -0.05) is 6.07 Å². The zero-order chi connectivity index (χ0) is 11.9. The van der Waals surface area contributed by atoms with Crippen LogP contribution in [-0.4, -0.2) is 33.6 Å². The number of nitrogens with zero attached hydrogens (tertiary/aromatic N) is 1. The minimum atomic E-state index is -4.67. The normalized spacial score (nSPS) is 10.0. The zero-order valence-electron chi connectivity index (χ0n) is 7.44. The second-order valence-electron chi connectivity index (χ2n) is 2.34. The third kappa shape index (κ3) is 12.5. The van der Waals surface area contributed by atoms with E-state index in [0.29, 0.717) is 5.69 Å². The molecule has 3 N–H and O–H groups in total. The maximum absolute atomic E-state index is 10.1. The lowest BCUT2D eigenvalue weighted by Gasteiger charge is -1.91. The van der Waals surface area contributed by atoms with Crippen molar-refractivity contribution < 1.29 is 27.4 Å². The molecule has 1 aromatic heterocycles. The summed E-state index contributed by atoms with van der Waals surface area (Å²) in [6.07, 6.45) is 1.58. The van der Waals surface area contributed by atoms with Gasteiger partial charge >= 0.3 is 16.4 Å². The van der Waals surface area contributed by atoms with E-state index >= 15 is 0 Å². The second-order valence-corrected chi connectivity index (χ2v) is 3.24. The first-order valence-corrected chi connectivity index (χ1v) is 5.00. The molecule has 15 heavy (non-hydrogen) atoms. The van der Waals surface area contributed by atoms with Gasteiger partial charge in [-0.15, -0.1) is 0 Å². The molecule has 8 heteroatoms. The fourth-order valence-electron chi connectivity index (χ4n) is 0.658. The Morgan fingerprint density at radius 2 is 1.87 bits per heavy atom. The van der Waals surface area contributed by atoms with Crippen LogP contribution in [0, 0.1) is 0 Å². The van der Waals surface area contributed by atoms with Crippen LogP contribution in [0.3, 0.4) is 0 Å². The highest BCUT2D eigenvalue weighted by molar-refractivity contribution is 7.79. The van der Waals surface area contributed by atoms with Gasteiger partial charge in [-0.2, -0.15) is 8.42 Å². The largest absolute Gasteiger partial charge is 0.481 e. The van der Waals surface area contributed by atoms with Crippen molar-refractivity contribution in [3.63, 3.8) is 0 Å². The Labute approximate surface area is 86.0 Å². The number of hydrogen-bond donors (Lipinski definition) is 3. The Morgan fingerprint density at radius 3 is 2.20 bits per heavy atom. The number of pyridine rings is 1. The highest BCUT2D eigenvalue weighted by atomic mass is 32.3. The van der Waals surface area contributed by atoms with E-state index in [1.165, 1.54) is 0 Å².